The highest BCUT2D eigenvalue weighted by atomic mass is 19.1. The van der Waals surface area contributed by atoms with Gasteiger partial charge in [0.05, 0.1) is 42.2 Å². The van der Waals surface area contributed by atoms with E-state index in [1.165, 1.54) is 10.7 Å². The maximum absolute atomic E-state index is 14.6. The van der Waals surface area contributed by atoms with Crippen molar-refractivity contribution in [2.75, 3.05) is 25.6 Å². The summed E-state index contributed by atoms with van der Waals surface area (Å²) in [6, 6.07) is 17.4. The van der Waals surface area contributed by atoms with Crippen molar-refractivity contribution >= 4 is 39.6 Å². The van der Waals surface area contributed by atoms with E-state index in [1.807, 2.05) is 30.3 Å². The fraction of sp³-hybridized carbons (Fsp3) is 0.364. The minimum Gasteiger partial charge on any atom is -0.463 e. The molecule has 0 saturated carbocycles. The predicted molar refractivity (Wildman–Crippen MR) is 166 cm³/mol. The fourth-order valence-corrected chi connectivity index (χ4v) is 5.73. The largest absolute Gasteiger partial charge is 0.463 e. The molecular formula is C33H35FN6O6. The fourth-order valence-electron chi connectivity index (χ4n) is 5.73. The minimum absolute atomic E-state index is 0.0456. The number of hydrogen-bond donors (Lipinski definition) is 1. The Balaban J connectivity index is 1.43. The van der Waals surface area contributed by atoms with E-state index in [0.29, 0.717) is 40.0 Å². The second kappa shape index (κ2) is 13.2. The zero-order valence-electron chi connectivity index (χ0n) is 25.6. The molecule has 0 bridgehead atoms. The van der Waals surface area contributed by atoms with Crippen LogP contribution in [0.5, 0.6) is 0 Å². The zero-order chi connectivity index (χ0) is 32.3. The Morgan fingerprint density at radius 1 is 1.02 bits per heavy atom. The van der Waals surface area contributed by atoms with Crippen LogP contribution < -0.4 is 5.73 Å². The molecule has 1 aliphatic heterocycles. The first-order valence-electron chi connectivity index (χ1n) is 15.3. The van der Waals surface area contributed by atoms with Gasteiger partial charge in [-0.2, -0.15) is 5.10 Å². The van der Waals surface area contributed by atoms with Gasteiger partial charge in [-0.3, -0.25) is 0 Å². The molecule has 13 heteroatoms. The molecule has 0 radical (unpaired) electrons. The van der Waals surface area contributed by atoms with Crippen LogP contribution in [0.3, 0.4) is 0 Å². The van der Waals surface area contributed by atoms with Crippen LogP contribution in [0.25, 0.3) is 27.6 Å². The van der Waals surface area contributed by atoms with Gasteiger partial charge in [0.2, 0.25) is 0 Å². The summed E-state index contributed by atoms with van der Waals surface area (Å²) in [7, 11) is 0. The molecule has 0 spiro atoms. The molecule has 6 rings (SSSR count). The van der Waals surface area contributed by atoms with E-state index in [0.717, 1.165) is 19.3 Å². The Hall–Kier alpha value is -4.88. The minimum atomic E-state index is -2.07. The molecule has 0 amide bonds. The van der Waals surface area contributed by atoms with Gasteiger partial charge in [-0.15, -0.1) is 5.10 Å². The Morgan fingerprint density at radius 3 is 2.48 bits per heavy atom. The van der Waals surface area contributed by atoms with Crippen molar-refractivity contribution in [1.29, 1.82) is 0 Å². The van der Waals surface area contributed by atoms with Gasteiger partial charge in [-0.25, -0.2) is 23.3 Å². The van der Waals surface area contributed by atoms with E-state index in [1.54, 1.807) is 42.8 Å². The summed E-state index contributed by atoms with van der Waals surface area (Å²) in [6.45, 7) is 3.78. The molecule has 1 atom stereocenters. The highest BCUT2D eigenvalue weighted by molar-refractivity contribution is 6.04. The number of nitrogen functional groups attached to an aromatic ring is 1. The van der Waals surface area contributed by atoms with Gasteiger partial charge in [-0.1, -0.05) is 35.5 Å². The number of nitrogens with zero attached hydrogens (tertiary/aromatic N) is 5. The van der Waals surface area contributed by atoms with Crippen LogP contribution >= 0.6 is 0 Å². The van der Waals surface area contributed by atoms with Crippen LogP contribution in [0.15, 0.2) is 60.7 Å². The number of halogens is 1. The van der Waals surface area contributed by atoms with E-state index in [9.17, 15) is 14.0 Å². The number of fused-ring (bicyclic) bond motifs is 2. The Kier molecular flexibility index (Phi) is 8.95. The number of rotatable bonds is 11. The third kappa shape index (κ3) is 5.90. The molecule has 2 aromatic heterocycles. The highest BCUT2D eigenvalue weighted by Gasteiger charge is 2.51. The maximum Gasteiger partial charge on any atom is 0.350 e. The quantitative estimate of drug-likeness (QED) is 0.123. The molecule has 0 aliphatic carbocycles. The van der Waals surface area contributed by atoms with Crippen molar-refractivity contribution < 1.29 is 32.9 Å². The van der Waals surface area contributed by atoms with E-state index in [-0.39, 0.29) is 43.7 Å². The van der Waals surface area contributed by atoms with Gasteiger partial charge in [0, 0.05) is 24.1 Å². The van der Waals surface area contributed by atoms with E-state index < -0.39 is 23.4 Å². The first kappa shape index (κ1) is 31.1. The van der Waals surface area contributed by atoms with Crippen molar-refractivity contribution in [1.82, 2.24) is 24.8 Å². The lowest BCUT2D eigenvalue weighted by Gasteiger charge is -2.29. The molecule has 5 aromatic rings. The van der Waals surface area contributed by atoms with Crippen LogP contribution in [0.1, 0.15) is 50.6 Å². The molecule has 2 N–H and O–H groups in total. The van der Waals surface area contributed by atoms with Crippen LogP contribution in [0, 0.1) is 5.82 Å². The van der Waals surface area contributed by atoms with Crippen LogP contribution in [-0.4, -0.2) is 62.1 Å². The molecule has 1 unspecified atom stereocenters. The van der Waals surface area contributed by atoms with Crippen molar-refractivity contribution in [3.8, 4) is 5.69 Å². The normalized spacial score (nSPS) is 15.3. The van der Waals surface area contributed by atoms with E-state index in [4.69, 9.17) is 29.8 Å². The van der Waals surface area contributed by atoms with Crippen molar-refractivity contribution in [3.63, 3.8) is 0 Å². The van der Waals surface area contributed by atoms with Gasteiger partial charge in [0.1, 0.15) is 5.52 Å². The molecule has 3 aromatic carbocycles. The van der Waals surface area contributed by atoms with Gasteiger partial charge < -0.3 is 24.7 Å². The number of esters is 2. The van der Waals surface area contributed by atoms with Gasteiger partial charge in [0.25, 0.3) is 5.60 Å². The third-order valence-corrected chi connectivity index (χ3v) is 7.93. The molecule has 46 heavy (non-hydrogen) atoms. The average molecular weight is 631 g/mol. The van der Waals surface area contributed by atoms with Crippen LogP contribution in [0.2, 0.25) is 0 Å². The molecule has 1 aliphatic rings. The van der Waals surface area contributed by atoms with E-state index in [2.05, 4.69) is 10.3 Å². The molecule has 1 saturated heterocycles. The summed E-state index contributed by atoms with van der Waals surface area (Å²) >= 11 is 0. The number of carbonyl (C=O) groups excluding carboxylic acids is 2. The average Bonchev–Trinajstić information content (AvgIpc) is 3.65. The number of carbonyl (C=O) groups is 2. The lowest BCUT2D eigenvalue weighted by molar-refractivity contribution is -0.192. The smallest absolute Gasteiger partial charge is 0.350 e. The number of aromatic nitrogens is 5. The lowest BCUT2D eigenvalue weighted by Crippen LogP contribution is -2.53. The Labute approximate surface area is 264 Å². The monoisotopic (exact) mass is 630 g/mol. The predicted octanol–water partition coefficient (Wildman–Crippen LogP) is 4.81. The number of hydrogen-bond acceptors (Lipinski definition) is 10. The summed E-state index contributed by atoms with van der Waals surface area (Å²) in [5.74, 6) is -2.25. The first-order chi connectivity index (χ1) is 22.3. The Morgan fingerprint density at radius 2 is 1.78 bits per heavy atom. The molecule has 12 nitrogen and oxygen atoms in total. The first-order valence-corrected chi connectivity index (χ1v) is 15.3. The van der Waals surface area contributed by atoms with Crippen molar-refractivity contribution in [2.24, 2.45) is 0 Å². The molecular weight excluding hydrogens is 595 g/mol. The zero-order valence-corrected chi connectivity index (χ0v) is 25.6. The number of ether oxygens (including phenoxy) is 4. The highest BCUT2D eigenvalue weighted by Crippen LogP contribution is 2.32. The van der Waals surface area contributed by atoms with Gasteiger partial charge in [0.15, 0.2) is 12.0 Å². The molecule has 240 valence electrons. The summed E-state index contributed by atoms with van der Waals surface area (Å²) in [4.78, 5) is 27.0. The maximum atomic E-state index is 14.6. The van der Waals surface area contributed by atoms with Gasteiger partial charge >= 0.3 is 11.9 Å². The second-order valence-electron chi connectivity index (χ2n) is 11.0. The Bertz CT molecular complexity index is 1850. The number of nitrogens with two attached hydrogens (primary N) is 1. The topological polar surface area (TPSA) is 146 Å². The number of anilines is 1. The summed E-state index contributed by atoms with van der Waals surface area (Å²) in [5, 5.41) is 13.8. The summed E-state index contributed by atoms with van der Waals surface area (Å²) < 4.78 is 41.0. The van der Waals surface area contributed by atoms with Crippen LogP contribution in [-0.2, 0) is 41.6 Å². The van der Waals surface area contributed by atoms with Crippen molar-refractivity contribution in [3.05, 3.63) is 77.7 Å². The van der Waals surface area contributed by atoms with E-state index >= 15 is 0 Å². The third-order valence-electron chi connectivity index (χ3n) is 7.93. The second-order valence-corrected chi connectivity index (χ2v) is 11.0. The number of benzene rings is 3. The van der Waals surface area contributed by atoms with Crippen molar-refractivity contribution in [2.45, 2.75) is 58.0 Å². The van der Waals surface area contributed by atoms with Gasteiger partial charge in [-0.05, 0) is 69.0 Å². The molecule has 1 fully saturated rings. The summed E-state index contributed by atoms with van der Waals surface area (Å²) in [6.07, 6.45) is 2.17. The molecule has 3 heterocycles. The lowest BCUT2D eigenvalue weighted by atomic mass is 9.94. The SMILES string of the molecule is CCOC(=O)C(Cc1ccccc1)(OCc1nn(C2CCCCO2)c2cc(-n3nnc4c(F)cc(N)cc43)ccc12)C(=O)OCC. The standard InChI is InChI=1S/C33H35FN6O6/c1-3-43-31(41)33(32(42)44-4-2,19-21-10-6-5-7-11-21)46-20-26-24-14-13-23(18-27(24)40(37-26)29-12-8-9-15-45-29)39-28-17-22(35)16-25(34)30(28)36-38-39/h5-7,10-11,13-14,16-18,29H,3-4,8-9,12,15,19-20,35H2,1-2H3. The van der Waals surface area contributed by atoms with Crippen LogP contribution in [0.4, 0.5) is 10.1 Å². The summed E-state index contributed by atoms with van der Waals surface area (Å²) in [5.41, 5.74) is 7.06.